The van der Waals surface area contributed by atoms with E-state index in [-0.39, 0.29) is 0 Å². The van der Waals surface area contributed by atoms with Gasteiger partial charge in [-0.3, -0.25) is 5.10 Å². The van der Waals surface area contributed by atoms with E-state index in [2.05, 4.69) is 20.6 Å². The van der Waals surface area contributed by atoms with Gasteiger partial charge in [-0.05, 0) is 36.4 Å². The first-order chi connectivity index (χ1) is 11.3. The van der Waals surface area contributed by atoms with Crippen LogP contribution in [0, 0.1) is 0 Å². The number of fused-ring (bicyclic) bond motifs is 1. The summed E-state index contributed by atoms with van der Waals surface area (Å²) < 4.78 is 6.99. The largest absolute Gasteiger partial charge is 0.497 e. The highest BCUT2D eigenvalue weighted by molar-refractivity contribution is 5.92. The smallest absolute Gasteiger partial charge is 0.119 e. The summed E-state index contributed by atoms with van der Waals surface area (Å²) in [7, 11) is 1.65. The molecule has 0 aliphatic rings. The van der Waals surface area contributed by atoms with Crippen LogP contribution in [0.25, 0.3) is 16.6 Å². The highest BCUT2D eigenvalue weighted by Crippen LogP contribution is 2.25. The molecule has 0 fully saturated rings. The number of nitrogens with one attached hydrogen (secondary N) is 2. The molecule has 2 heterocycles. The number of aromatic amines is 1. The molecule has 0 saturated heterocycles. The van der Waals surface area contributed by atoms with Crippen LogP contribution in [0.4, 0.5) is 11.4 Å². The van der Waals surface area contributed by atoms with E-state index in [0.717, 1.165) is 33.7 Å². The molecule has 6 heteroatoms. The molecule has 0 atom stereocenters. The van der Waals surface area contributed by atoms with Crippen LogP contribution in [0.2, 0.25) is 0 Å². The minimum atomic E-state index is 0.825. The van der Waals surface area contributed by atoms with E-state index >= 15 is 0 Å². The number of aromatic nitrogens is 4. The fraction of sp³-hybridized carbons (Fsp3) is 0.0588. The summed E-state index contributed by atoms with van der Waals surface area (Å²) in [5.74, 6) is 0.825. The quantitative estimate of drug-likeness (QED) is 0.605. The van der Waals surface area contributed by atoms with Crippen molar-refractivity contribution in [2.45, 2.75) is 0 Å². The van der Waals surface area contributed by atoms with Crippen LogP contribution in [-0.2, 0) is 0 Å². The molecule has 0 radical (unpaired) electrons. The Hall–Kier alpha value is -3.28. The van der Waals surface area contributed by atoms with Crippen LogP contribution in [-0.4, -0.2) is 27.1 Å². The highest BCUT2D eigenvalue weighted by Gasteiger charge is 2.05. The second kappa shape index (κ2) is 5.49. The van der Waals surface area contributed by atoms with Crippen LogP contribution in [0.3, 0.4) is 0 Å². The zero-order valence-electron chi connectivity index (χ0n) is 12.5. The molecule has 2 aromatic heterocycles. The van der Waals surface area contributed by atoms with Crippen molar-refractivity contribution in [1.29, 1.82) is 0 Å². The Kier molecular flexibility index (Phi) is 3.20. The van der Waals surface area contributed by atoms with E-state index in [0.29, 0.717) is 0 Å². The van der Waals surface area contributed by atoms with E-state index in [9.17, 15) is 0 Å². The van der Waals surface area contributed by atoms with Gasteiger partial charge in [-0.1, -0.05) is 6.07 Å². The third-order valence-electron chi connectivity index (χ3n) is 3.68. The fourth-order valence-electron chi connectivity index (χ4n) is 2.50. The third-order valence-corrected chi connectivity index (χ3v) is 3.68. The maximum Gasteiger partial charge on any atom is 0.119 e. The molecule has 0 aliphatic carbocycles. The van der Waals surface area contributed by atoms with E-state index in [1.165, 1.54) is 0 Å². The molecule has 0 spiro atoms. The predicted octanol–water partition coefficient (Wildman–Crippen LogP) is 3.50. The molecular formula is C17H15N5O. The number of rotatable bonds is 4. The van der Waals surface area contributed by atoms with Crippen molar-refractivity contribution in [3.05, 3.63) is 61.1 Å². The molecule has 4 rings (SSSR count). The van der Waals surface area contributed by atoms with Gasteiger partial charge in [-0.2, -0.15) is 10.2 Å². The first-order valence-electron chi connectivity index (χ1n) is 7.22. The third kappa shape index (κ3) is 2.50. The number of H-pyrrole nitrogens is 1. The van der Waals surface area contributed by atoms with E-state index in [1.54, 1.807) is 13.3 Å². The molecule has 6 nitrogen and oxygen atoms in total. The minimum Gasteiger partial charge on any atom is -0.497 e. The molecule has 114 valence electrons. The van der Waals surface area contributed by atoms with Crippen LogP contribution in [0.15, 0.2) is 61.1 Å². The molecule has 0 bridgehead atoms. The Morgan fingerprint density at radius 3 is 2.78 bits per heavy atom. The number of hydrogen-bond donors (Lipinski definition) is 2. The van der Waals surface area contributed by atoms with Crippen LogP contribution in [0.1, 0.15) is 0 Å². The van der Waals surface area contributed by atoms with Crippen molar-refractivity contribution in [3.8, 4) is 11.4 Å². The van der Waals surface area contributed by atoms with Crippen molar-refractivity contribution < 1.29 is 4.74 Å². The second-order valence-corrected chi connectivity index (χ2v) is 5.13. The monoisotopic (exact) mass is 305 g/mol. The van der Waals surface area contributed by atoms with Gasteiger partial charge in [0.05, 0.1) is 42.6 Å². The lowest BCUT2D eigenvalue weighted by molar-refractivity contribution is 0.414. The number of benzene rings is 2. The Labute approximate surface area is 132 Å². The van der Waals surface area contributed by atoms with Gasteiger partial charge in [-0.15, -0.1) is 0 Å². The van der Waals surface area contributed by atoms with Gasteiger partial charge in [0.2, 0.25) is 0 Å². The molecule has 2 aromatic carbocycles. The normalized spacial score (nSPS) is 10.8. The first kappa shape index (κ1) is 13.4. The highest BCUT2D eigenvalue weighted by atomic mass is 16.5. The lowest BCUT2D eigenvalue weighted by Gasteiger charge is -2.05. The van der Waals surface area contributed by atoms with Gasteiger partial charge >= 0.3 is 0 Å². The fourth-order valence-corrected chi connectivity index (χ4v) is 2.50. The van der Waals surface area contributed by atoms with Gasteiger partial charge in [0.25, 0.3) is 0 Å². The first-order valence-corrected chi connectivity index (χ1v) is 7.22. The summed E-state index contributed by atoms with van der Waals surface area (Å²) in [6.07, 6.45) is 5.55. The number of nitrogens with zero attached hydrogens (tertiary/aromatic N) is 3. The summed E-state index contributed by atoms with van der Waals surface area (Å²) in [6.45, 7) is 0. The van der Waals surface area contributed by atoms with Crippen molar-refractivity contribution in [3.63, 3.8) is 0 Å². The van der Waals surface area contributed by atoms with Gasteiger partial charge in [0.1, 0.15) is 5.75 Å². The molecule has 2 N–H and O–H groups in total. The topological polar surface area (TPSA) is 67.8 Å². The molecule has 4 aromatic rings. The van der Waals surface area contributed by atoms with Gasteiger partial charge < -0.3 is 10.1 Å². The molecular weight excluding hydrogens is 290 g/mol. The zero-order chi connectivity index (χ0) is 15.6. The summed E-state index contributed by atoms with van der Waals surface area (Å²) in [5.41, 5.74) is 3.87. The maximum atomic E-state index is 5.17. The summed E-state index contributed by atoms with van der Waals surface area (Å²) >= 11 is 0. The van der Waals surface area contributed by atoms with Gasteiger partial charge in [0, 0.05) is 11.1 Å². The molecule has 0 saturated carbocycles. The minimum absolute atomic E-state index is 0.825. The number of anilines is 2. The Bertz CT molecular complexity index is 939. The summed E-state index contributed by atoms with van der Waals surface area (Å²) in [4.78, 5) is 0. The number of methoxy groups -OCH3 is 1. The molecule has 0 amide bonds. The molecule has 0 unspecified atom stereocenters. The number of ether oxygens (including phenoxy) is 1. The van der Waals surface area contributed by atoms with Crippen LogP contribution < -0.4 is 10.1 Å². The maximum absolute atomic E-state index is 5.17. The molecule has 0 aliphatic heterocycles. The Balaban J connectivity index is 1.61. The summed E-state index contributed by atoms with van der Waals surface area (Å²) in [5, 5.41) is 15.9. The van der Waals surface area contributed by atoms with Crippen LogP contribution >= 0.6 is 0 Å². The van der Waals surface area contributed by atoms with Crippen molar-refractivity contribution in [2.24, 2.45) is 0 Å². The van der Waals surface area contributed by atoms with Crippen molar-refractivity contribution in [1.82, 2.24) is 20.0 Å². The standard InChI is InChI=1S/C17H15N5O/c1-23-14-7-5-13(6-8-14)22-11-12(9-19-22)20-16-3-2-4-17-15(16)10-18-21-17/h2-11,20H,1H3,(H,18,21). The van der Waals surface area contributed by atoms with E-state index in [4.69, 9.17) is 4.74 Å². The van der Waals surface area contributed by atoms with E-state index in [1.807, 2.05) is 59.5 Å². The molecule has 23 heavy (non-hydrogen) atoms. The Morgan fingerprint density at radius 1 is 1.09 bits per heavy atom. The average Bonchev–Trinajstić information content (AvgIpc) is 3.25. The lowest BCUT2D eigenvalue weighted by Crippen LogP contribution is -1.94. The van der Waals surface area contributed by atoms with Crippen molar-refractivity contribution >= 4 is 22.3 Å². The van der Waals surface area contributed by atoms with Crippen molar-refractivity contribution in [2.75, 3.05) is 12.4 Å². The average molecular weight is 305 g/mol. The van der Waals surface area contributed by atoms with Gasteiger partial charge in [0.15, 0.2) is 0 Å². The van der Waals surface area contributed by atoms with Crippen LogP contribution in [0.5, 0.6) is 5.75 Å². The Morgan fingerprint density at radius 2 is 1.96 bits per heavy atom. The number of hydrogen-bond acceptors (Lipinski definition) is 4. The summed E-state index contributed by atoms with van der Waals surface area (Å²) in [6, 6.07) is 13.7. The zero-order valence-corrected chi connectivity index (χ0v) is 12.5. The SMILES string of the molecule is COc1ccc(-n2cc(Nc3cccc4[nH]ncc34)cn2)cc1. The van der Waals surface area contributed by atoms with Gasteiger partial charge in [-0.25, -0.2) is 4.68 Å². The lowest BCUT2D eigenvalue weighted by atomic mass is 10.2. The predicted molar refractivity (Wildman–Crippen MR) is 89.5 cm³/mol. The second-order valence-electron chi connectivity index (χ2n) is 5.13. The van der Waals surface area contributed by atoms with E-state index < -0.39 is 0 Å².